The summed E-state index contributed by atoms with van der Waals surface area (Å²) in [6.07, 6.45) is -2.44. The van der Waals surface area contributed by atoms with Crippen LogP contribution in [0.4, 0.5) is 30.2 Å². The van der Waals surface area contributed by atoms with Crippen molar-refractivity contribution in [3.8, 4) is 0 Å². The van der Waals surface area contributed by atoms with Gasteiger partial charge in [0.1, 0.15) is 0 Å². The molecule has 31 heavy (non-hydrogen) atoms. The fourth-order valence-electron chi connectivity index (χ4n) is 3.78. The summed E-state index contributed by atoms with van der Waals surface area (Å²) in [4.78, 5) is 24.4. The van der Waals surface area contributed by atoms with Crippen LogP contribution in [0.2, 0.25) is 0 Å². The first-order chi connectivity index (χ1) is 14.7. The lowest BCUT2D eigenvalue weighted by Gasteiger charge is -2.28. The molecular formula is C22H24F3N3O3. The summed E-state index contributed by atoms with van der Waals surface area (Å²) >= 11 is 0. The van der Waals surface area contributed by atoms with E-state index < -0.39 is 35.5 Å². The van der Waals surface area contributed by atoms with Gasteiger partial charge in [-0.05, 0) is 48.7 Å². The lowest BCUT2D eigenvalue weighted by atomic mass is 9.78. The molecule has 2 atom stereocenters. The summed E-state index contributed by atoms with van der Waals surface area (Å²) in [5, 5.41) is 15.0. The van der Waals surface area contributed by atoms with Gasteiger partial charge in [0.05, 0.1) is 28.8 Å². The van der Waals surface area contributed by atoms with E-state index in [1.54, 1.807) is 24.3 Å². The summed E-state index contributed by atoms with van der Waals surface area (Å²) < 4.78 is 39.7. The number of carbonyl (C=O) groups is 2. The highest BCUT2D eigenvalue weighted by molar-refractivity contribution is 5.98. The Bertz CT molecular complexity index is 945. The Balaban J connectivity index is 1.89. The number of halogens is 3. The number of amides is 1. The quantitative estimate of drug-likeness (QED) is 0.525. The van der Waals surface area contributed by atoms with Crippen molar-refractivity contribution in [1.82, 2.24) is 0 Å². The second-order valence-electron chi connectivity index (χ2n) is 7.61. The molecule has 0 aromatic heterocycles. The summed E-state index contributed by atoms with van der Waals surface area (Å²) in [5.41, 5.74) is 6.37. The van der Waals surface area contributed by atoms with Crippen LogP contribution in [0.3, 0.4) is 0 Å². The van der Waals surface area contributed by atoms with Crippen LogP contribution < -0.4 is 16.4 Å². The number of rotatable bonds is 6. The topological polar surface area (TPSA) is 104 Å². The van der Waals surface area contributed by atoms with Crippen molar-refractivity contribution in [2.75, 3.05) is 10.6 Å². The van der Waals surface area contributed by atoms with E-state index >= 15 is 0 Å². The average Bonchev–Trinajstić information content (AvgIpc) is 2.74. The summed E-state index contributed by atoms with van der Waals surface area (Å²) in [5.74, 6) is -3.30. The number of alkyl halides is 3. The van der Waals surface area contributed by atoms with Gasteiger partial charge in [-0.1, -0.05) is 25.0 Å². The van der Waals surface area contributed by atoms with Crippen LogP contribution >= 0.6 is 0 Å². The number of benzene rings is 2. The fourth-order valence-corrected chi connectivity index (χ4v) is 3.78. The molecule has 0 saturated heterocycles. The molecule has 0 heterocycles. The zero-order valence-corrected chi connectivity index (χ0v) is 16.7. The van der Waals surface area contributed by atoms with Crippen LogP contribution in [-0.2, 0) is 22.3 Å². The van der Waals surface area contributed by atoms with Gasteiger partial charge < -0.3 is 21.5 Å². The van der Waals surface area contributed by atoms with E-state index in [1.165, 1.54) is 6.07 Å². The minimum atomic E-state index is -4.59. The molecule has 1 aliphatic rings. The first-order valence-electron chi connectivity index (χ1n) is 10.00. The number of carboxylic acid groups (broad SMARTS) is 1. The Kier molecular flexibility index (Phi) is 6.84. The van der Waals surface area contributed by atoms with Gasteiger partial charge >= 0.3 is 12.1 Å². The highest BCUT2D eigenvalue weighted by atomic mass is 19.4. The normalized spacial score (nSPS) is 19.0. The Labute approximate surface area is 177 Å². The third kappa shape index (κ3) is 5.55. The van der Waals surface area contributed by atoms with Crippen molar-refractivity contribution in [3.63, 3.8) is 0 Å². The van der Waals surface area contributed by atoms with Crippen molar-refractivity contribution in [2.24, 2.45) is 17.6 Å². The fraction of sp³-hybridized carbons (Fsp3) is 0.364. The Morgan fingerprint density at radius 3 is 2.23 bits per heavy atom. The van der Waals surface area contributed by atoms with Crippen LogP contribution in [0.15, 0.2) is 42.5 Å². The van der Waals surface area contributed by atoms with E-state index in [-0.39, 0.29) is 11.4 Å². The van der Waals surface area contributed by atoms with Gasteiger partial charge in [0, 0.05) is 12.2 Å². The maximum Gasteiger partial charge on any atom is 0.416 e. The van der Waals surface area contributed by atoms with E-state index in [0.717, 1.165) is 17.7 Å². The van der Waals surface area contributed by atoms with Crippen molar-refractivity contribution in [2.45, 2.75) is 38.4 Å². The van der Waals surface area contributed by atoms with E-state index in [2.05, 4.69) is 10.6 Å². The molecule has 1 saturated carbocycles. The lowest BCUT2D eigenvalue weighted by Crippen LogP contribution is -2.36. The second kappa shape index (κ2) is 9.38. The van der Waals surface area contributed by atoms with Crippen LogP contribution in [-0.4, -0.2) is 17.0 Å². The van der Waals surface area contributed by atoms with Gasteiger partial charge in [0.15, 0.2) is 0 Å². The van der Waals surface area contributed by atoms with Gasteiger partial charge in [-0.3, -0.25) is 9.59 Å². The van der Waals surface area contributed by atoms with Gasteiger partial charge in [-0.2, -0.15) is 13.2 Å². The van der Waals surface area contributed by atoms with Gasteiger partial charge in [0.25, 0.3) is 0 Å². The largest absolute Gasteiger partial charge is 0.481 e. The van der Waals surface area contributed by atoms with Crippen molar-refractivity contribution >= 4 is 28.9 Å². The van der Waals surface area contributed by atoms with Crippen molar-refractivity contribution in [3.05, 3.63) is 53.6 Å². The molecule has 2 aromatic rings. The maximum atomic E-state index is 13.2. The SMILES string of the molecule is NCc1ccc(Nc2ccc(C(F)(F)F)cc2NC(=O)[C@@H]2CCCC[C@@H]2C(=O)O)cc1. The molecule has 9 heteroatoms. The highest BCUT2D eigenvalue weighted by Crippen LogP contribution is 2.37. The molecule has 1 aliphatic carbocycles. The molecular weight excluding hydrogens is 411 g/mol. The molecule has 2 aromatic carbocycles. The molecule has 0 bridgehead atoms. The van der Waals surface area contributed by atoms with E-state index in [9.17, 15) is 27.9 Å². The number of carboxylic acids is 1. The second-order valence-corrected chi connectivity index (χ2v) is 7.61. The van der Waals surface area contributed by atoms with Crippen LogP contribution in [0.25, 0.3) is 0 Å². The Morgan fingerprint density at radius 1 is 1.00 bits per heavy atom. The molecule has 6 nitrogen and oxygen atoms in total. The van der Waals surface area contributed by atoms with Crippen molar-refractivity contribution in [1.29, 1.82) is 0 Å². The molecule has 1 amide bonds. The number of carbonyl (C=O) groups excluding carboxylic acids is 1. The van der Waals surface area contributed by atoms with E-state index in [0.29, 0.717) is 37.9 Å². The minimum absolute atomic E-state index is 0.0579. The third-order valence-corrected chi connectivity index (χ3v) is 5.49. The Morgan fingerprint density at radius 2 is 1.65 bits per heavy atom. The molecule has 166 valence electrons. The first kappa shape index (κ1) is 22.6. The van der Waals surface area contributed by atoms with Gasteiger partial charge in [-0.15, -0.1) is 0 Å². The zero-order valence-electron chi connectivity index (χ0n) is 16.7. The van der Waals surface area contributed by atoms with Gasteiger partial charge in [-0.25, -0.2) is 0 Å². The number of hydrogen-bond donors (Lipinski definition) is 4. The zero-order chi connectivity index (χ0) is 22.6. The van der Waals surface area contributed by atoms with Crippen LogP contribution in [0.5, 0.6) is 0 Å². The molecule has 3 rings (SSSR count). The third-order valence-electron chi connectivity index (χ3n) is 5.49. The number of aliphatic carboxylic acids is 1. The minimum Gasteiger partial charge on any atom is -0.481 e. The predicted octanol–water partition coefficient (Wildman–Crippen LogP) is 4.74. The monoisotopic (exact) mass is 435 g/mol. The number of nitrogens with one attached hydrogen (secondary N) is 2. The summed E-state index contributed by atoms with van der Waals surface area (Å²) in [6, 6.07) is 10.0. The van der Waals surface area contributed by atoms with E-state index in [1.807, 2.05) is 0 Å². The van der Waals surface area contributed by atoms with Crippen LogP contribution in [0, 0.1) is 11.8 Å². The average molecular weight is 435 g/mol. The summed E-state index contributed by atoms with van der Waals surface area (Å²) in [6.45, 7) is 0.355. The molecule has 0 radical (unpaired) electrons. The van der Waals surface area contributed by atoms with E-state index in [4.69, 9.17) is 5.73 Å². The lowest BCUT2D eigenvalue weighted by molar-refractivity contribution is -0.147. The number of nitrogens with two attached hydrogens (primary N) is 1. The standard InChI is InChI=1S/C22H24F3N3O3/c23-22(24,25)14-7-10-18(27-15-8-5-13(12-26)6-9-15)19(11-14)28-20(29)16-3-1-2-4-17(16)21(30)31/h5-11,16-17,27H,1-4,12,26H2,(H,28,29)(H,30,31)/t16-,17+/m1/s1. The number of hydrogen-bond acceptors (Lipinski definition) is 4. The molecule has 0 aliphatic heterocycles. The first-order valence-corrected chi connectivity index (χ1v) is 10.00. The van der Waals surface area contributed by atoms with Crippen LogP contribution in [0.1, 0.15) is 36.8 Å². The highest BCUT2D eigenvalue weighted by Gasteiger charge is 2.36. The molecule has 0 spiro atoms. The Hall–Kier alpha value is -3.07. The summed E-state index contributed by atoms with van der Waals surface area (Å²) in [7, 11) is 0. The number of anilines is 3. The smallest absolute Gasteiger partial charge is 0.416 e. The molecule has 1 fully saturated rings. The molecule has 0 unspecified atom stereocenters. The molecule has 5 N–H and O–H groups in total. The maximum absolute atomic E-state index is 13.2. The van der Waals surface area contributed by atoms with Crippen molar-refractivity contribution < 1.29 is 27.9 Å². The van der Waals surface area contributed by atoms with Gasteiger partial charge in [0.2, 0.25) is 5.91 Å². The predicted molar refractivity (Wildman–Crippen MR) is 111 cm³/mol.